The Morgan fingerprint density at radius 1 is 1.17 bits per heavy atom. The van der Waals surface area contributed by atoms with Gasteiger partial charge in [-0.15, -0.1) is 12.4 Å². The number of piperidine rings is 1. The van der Waals surface area contributed by atoms with Crippen LogP contribution in [-0.2, 0) is 10.0 Å². The Kier molecular flexibility index (Phi) is 8.01. The second kappa shape index (κ2) is 9.02. The number of likely N-dealkylation sites (tertiary alicyclic amines) is 1. The molecule has 0 amide bonds. The summed E-state index contributed by atoms with van der Waals surface area (Å²) >= 11 is 0. The molecule has 1 aliphatic heterocycles. The first-order valence-corrected chi connectivity index (χ1v) is 9.66. The zero-order valence-corrected chi connectivity index (χ0v) is 16.0. The van der Waals surface area contributed by atoms with Crippen molar-refractivity contribution in [3.05, 3.63) is 29.3 Å². The van der Waals surface area contributed by atoms with Crippen molar-refractivity contribution in [3.63, 3.8) is 0 Å². The van der Waals surface area contributed by atoms with Gasteiger partial charge in [-0.2, -0.15) is 0 Å². The normalized spacial score (nSPS) is 17.0. The molecule has 1 fully saturated rings. The predicted octanol–water partition coefficient (Wildman–Crippen LogP) is 3.13. The third kappa shape index (κ3) is 6.07. The molecule has 1 heterocycles. The maximum Gasteiger partial charge on any atom is 0.240 e. The standard InChI is InChI=1S/C17H28N2O2S.ClH/c1-14-7-11-19(12-8-14)10-4-9-18-22(20,21)17-6-5-15(2)16(3)13-17;/h5-6,13-14,18H,4,7-12H2,1-3H3;1H. The Morgan fingerprint density at radius 3 is 2.43 bits per heavy atom. The average Bonchev–Trinajstić information content (AvgIpc) is 2.48. The van der Waals surface area contributed by atoms with Crippen LogP contribution in [0.1, 0.15) is 37.3 Å². The molecule has 0 spiro atoms. The minimum Gasteiger partial charge on any atom is -0.303 e. The molecule has 23 heavy (non-hydrogen) atoms. The minimum atomic E-state index is -3.38. The van der Waals surface area contributed by atoms with Crippen molar-refractivity contribution in [3.8, 4) is 0 Å². The fourth-order valence-electron chi connectivity index (χ4n) is 2.76. The fraction of sp³-hybridized carbons (Fsp3) is 0.647. The highest BCUT2D eigenvalue weighted by Crippen LogP contribution is 2.16. The Balaban J connectivity index is 0.00000264. The lowest BCUT2D eigenvalue weighted by atomic mass is 9.99. The molecular formula is C17H29ClN2O2S. The second-order valence-corrected chi connectivity index (χ2v) is 8.29. The predicted molar refractivity (Wildman–Crippen MR) is 97.8 cm³/mol. The zero-order chi connectivity index (χ0) is 16.2. The van der Waals surface area contributed by atoms with E-state index in [1.807, 2.05) is 19.9 Å². The molecule has 1 aliphatic rings. The molecule has 1 saturated heterocycles. The summed E-state index contributed by atoms with van der Waals surface area (Å²) in [7, 11) is -3.38. The van der Waals surface area contributed by atoms with Crippen LogP contribution in [0.3, 0.4) is 0 Å². The Labute approximate surface area is 147 Å². The lowest BCUT2D eigenvalue weighted by Crippen LogP contribution is -2.35. The van der Waals surface area contributed by atoms with Gasteiger partial charge in [-0.05, 0) is 81.9 Å². The number of hydrogen-bond acceptors (Lipinski definition) is 3. The highest BCUT2D eigenvalue weighted by atomic mass is 35.5. The third-order valence-corrected chi connectivity index (χ3v) is 6.07. The van der Waals surface area contributed by atoms with E-state index >= 15 is 0 Å². The smallest absolute Gasteiger partial charge is 0.240 e. The zero-order valence-electron chi connectivity index (χ0n) is 14.3. The molecule has 0 aliphatic carbocycles. The first-order chi connectivity index (χ1) is 10.4. The summed E-state index contributed by atoms with van der Waals surface area (Å²) in [4.78, 5) is 2.80. The summed E-state index contributed by atoms with van der Waals surface area (Å²) < 4.78 is 27.2. The van der Waals surface area contributed by atoms with Crippen LogP contribution in [0.2, 0.25) is 0 Å². The van der Waals surface area contributed by atoms with Crippen LogP contribution >= 0.6 is 12.4 Å². The lowest BCUT2D eigenvalue weighted by Gasteiger charge is -2.30. The van der Waals surface area contributed by atoms with Crippen molar-refractivity contribution in [1.29, 1.82) is 0 Å². The number of nitrogens with zero attached hydrogens (tertiary/aromatic N) is 1. The Morgan fingerprint density at radius 2 is 1.83 bits per heavy atom. The van der Waals surface area contributed by atoms with Crippen LogP contribution in [0, 0.1) is 19.8 Å². The van der Waals surface area contributed by atoms with Crippen LogP contribution in [0.5, 0.6) is 0 Å². The van der Waals surface area contributed by atoms with Crippen molar-refractivity contribution in [1.82, 2.24) is 9.62 Å². The second-order valence-electron chi connectivity index (χ2n) is 6.52. The molecule has 0 atom stereocenters. The molecule has 1 aromatic rings. The molecule has 0 unspecified atom stereocenters. The third-order valence-electron chi connectivity index (χ3n) is 4.61. The van der Waals surface area contributed by atoms with Crippen molar-refractivity contribution in [2.45, 2.75) is 44.9 Å². The van der Waals surface area contributed by atoms with Crippen LogP contribution in [0.4, 0.5) is 0 Å². The van der Waals surface area contributed by atoms with Gasteiger partial charge < -0.3 is 4.90 Å². The molecule has 1 aromatic carbocycles. The van der Waals surface area contributed by atoms with Crippen molar-refractivity contribution in [2.75, 3.05) is 26.2 Å². The number of nitrogens with one attached hydrogen (secondary N) is 1. The molecule has 0 radical (unpaired) electrons. The van der Waals surface area contributed by atoms with E-state index in [2.05, 4.69) is 16.5 Å². The highest BCUT2D eigenvalue weighted by molar-refractivity contribution is 7.89. The monoisotopic (exact) mass is 360 g/mol. The topological polar surface area (TPSA) is 49.4 Å². The maximum absolute atomic E-state index is 12.3. The molecule has 4 nitrogen and oxygen atoms in total. The number of hydrogen-bond donors (Lipinski definition) is 1. The van der Waals surface area contributed by atoms with E-state index < -0.39 is 10.0 Å². The summed E-state index contributed by atoms with van der Waals surface area (Å²) in [5.74, 6) is 0.833. The van der Waals surface area contributed by atoms with Crippen molar-refractivity contribution < 1.29 is 8.42 Å². The van der Waals surface area contributed by atoms with Crippen LogP contribution in [0.15, 0.2) is 23.1 Å². The minimum absolute atomic E-state index is 0. The van der Waals surface area contributed by atoms with E-state index in [1.165, 1.54) is 12.8 Å². The van der Waals surface area contributed by atoms with E-state index in [-0.39, 0.29) is 12.4 Å². The first-order valence-electron chi connectivity index (χ1n) is 8.18. The number of halogens is 1. The summed E-state index contributed by atoms with van der Waals surface area (Å²) in [5.41, 5.74) is 2.11. The van der Waals surface area contributed by atoms with Crippen LogP contribution in [0.25, 0.3) is 0 Å². The summed E-state index contributed by atoms with van der Waals surface area (Å²) in [6.07, 6.45) is 3.38. The Bertz CT molecular complexity index is 597. The quantitative estimate of drug-likeness (QED) is 0.793. The van der Waals surface area contributed by atoms with Gasteiger partial charge in [0.15, 0.2) is 0 Å². The molecule has 132 valence electrons. The fourth-order valence-corrected chi connectivity index (χ4v) is 3.92. The number of sulfonamides is 1. The number of aryl methyl sites for hydroxylation is 2. The molecule has 0 saturated carbocycles. The van der Waals surface area contributed by atoms with Gasteiger partial charge in [-0.25, -0.2) is 13.1 Å². The molecule has 0 aromatic heterocycles. The summed E-state index contributed by atoms with van der Waals surface area (Å²) in [6.45, 7) is 9.99. The number of rotatable bonds is 6. The molecule has 0 bridgehead atoms. The SMILES string of the molecule is Cc1ccc(S(=O)(=O)NCCCN2CCC(C)CC2)cc1C.Cl. The van der Waals surface area contributed by atoms with Gasteiger partial charge in [-0.1, -0.05) is 13.0 Å². The average molecular weight is 361 g/mol. The molecular weight excluding hydrogens is 332 g/mol. The van der Waals surface area contributed by atoms with Gasteiger partial charge in [0.05, 0.1) is 4.90 Å². The summed E-state index contributed by atoms with van der Waals surface area (Å²) in [5, 5.41) is 0. The lowest BCUT2D eigenvalue weighted by molar-refractivity contribution is 0.191. The van der Waals surface area contributed by atoms with Crippen molar-refractivity contribution >= 4 is 22.4 Å². The molecule has 2 rings (SSSR count). The largest absolute Gasteiger partial charge is 0.303 e. The van der Waals surface area contributed by atoms with Crippen LogP contribution in [-0.4, -0.2) is 39.5 Å². The van der Waals surface area contributed by atoms with Gasteiger partial charge >= 0.3 is 0 Å². The maximum atomic E-state index is 12.3. The van der Waals surface area contributed by atoms with Crippen LogP contribution < -0.4 is 4.72 Å². The van der Waals surface area contributed by atoms with Gasteiger partial charge in [0.2, 0.25) is 10.0 Å². The highest BCUT2D eigenvalue weighted by Gasteiger charge is 2.16. The van der Waals surface area contributed by atoms with E-state index in [9.17, 15) is 8.42 Å². The van der Waals surface area contributed by atoms with E-state index in [4.69, 9.17) is 0 Å². The summed E-state index contributed by atoms with van der Waals surface area (Å²) in [6, 6.07) is 5.28. The first kappa shape index (κ1) is 20.4. The number of benzene rings is 1. The Hall–Kier alpha value is -0.620. The van der Waals surface area contributed by atoms with E-state index in [0.29, 0.717) is 11.4 Å². The van der Waals surface area contributed by atoms with E-state index in [0.717, 1.165) is 43.1 Å². The van der Waals surface area contributed by atoms with Gasteiger partial charge in [0, 0.05) is 6.54 Å². The van der Waals surface area contributed by atoms with Gasteiger partial charge in [0.1, 0.15) is 0 Å². The molecule has 6 heteroatoms. The van der Waals surface area contributed by atoms with Gasteiger partial charge in [-0.3, -0.25) is 0 Å². The van der Waals surface area contributed by atoms with E-state index in [1.54, 1.807) is 12.1 Å². The molecule has 1 N–H and O–H groups in total. The van der Waals surface area contributed by atoms with Crippen molar-refractivity contribution in [2.24, 2.45) is 5.92 Å². The van der Waals surface area contributed by atoms with Gasteiger partial charge in [0.25, 0.3) is 0 Å².